The lowest BCUT2D eigenvalue weighted by molar-refractivity contribution is -0.126. The molecule has 31 heavy (non-hydrogen) atoms. The van der Waals surface area contributed by atoms with Gasteiger partial charge in [-0.2, -0.15) is 9.40 Å². The lowest BCUT2D eigenvalue weighted by Crippen LogP contribution is -2.45. The quantitative estimate of drug-likeness (QED) is 0.615. The number of carbonyl (C=O) groups is 1. The highest BCUT2D eigenvalue weighted by molar-refractivity contribution is 7.89. The summed E-state index contributed by atoms with van der Waals surface area (Å²) in [5.41, 5.74) is 2.11. The van der Waals surface area contributed by atoms with Gasteiger partial charge < -0.3 is 5.32 Å². The molecule has 1 aliphatic rings. The van der Waals surface area contributed by atoms with Crippen LogP contribution in [0.4, 0.5) is 0 Å². The number of aromatic nitrogens is 2. The Labute approximate surface area is 182 Å². The fourth-order valence-electron chi connectivity index (χ4n) is 3.90. The standard InChI is InChI=1S/C23H26N4O3S/c28-23(24-16-19-8-4-5-9-20(19)17-26-14-7-13-25-26)21-10-6-15-27(18-21)31(29,30)22-11-2-1-3-12-22/h1-5,7-9,11-14,21H,6,10,15-18H2,(H,24,28). The van der Waals surface area contributed by atoms with Crippen molar-refractivity contribution >= 4 is 15.9 Å². The van der Waals surface area contributed by atoms with Crippen LogP contribution >= 0.6 is 0 Å². The van der Waals surface area contributed by atoms with E-state index in [9.17, 15) is 13.2 Å². The molecule has 1 amide bonds. The number of hydrogen-bond acceptors (Lipinski definition) is 4. The first-order valence-electron chi connectivity index (χ1n) is 10.4. The number of piperidine rings is 1. The van der Waals surface area contributed by atoms with Crippen molar-refractivity contribution in [3.05, 3.63) is 84.2 Å². The number of rotatable bonds is 7. The minimum atomic E-state index is -3.59. The highest BCUT2D eigenvalue weighted by Crippen LogP contribution is 2.24. The van der Waals surface area contributed by atoms with Gasteiger partial charge in [-0.25, -0.2) is 8.42 Å². The molecule has 0 radical (unpaired) electrons. The van der Waals surface area contributed by atoms with Crippen LogP contribution in [0.1, 0.15) is 24.0 Å². The van der Waals surface area contributed by atoms with Gasteiger partial charge in [0.15, 0.2) is 0 Å². The molecule has 1 aliphatic heterocycles. The molecule has 0 bridgehead atoms. The third-order valence-electron chi connectivity index (χ3n) is 5.60. The first kappa shape index (κ1) is 21.3. The molecule has 4 rings (SSSR count). The van der Waals surface area contributed by atoms with Gasteiger partial charge in [0.1, 0.15) is 0 Å². The van der Waals surface area contributed by atoms with Gasteiger partial charge in [-0.3, -0.25) is 9.48 Å². The predicted molar refractivity (Wildman–Crippen MR) is 118 cm³/mol. The summed E-state index contributed by atoms with van der Waals surface area (Å²) in [4.78, 5) is 13.1. The molecule has 1 atom stereocenters. The molecule has 0 spiro atoms. The minimum absolute atomic E-state index is 0.109. The number of nitrogens with zero attached hydrogens (tertiary/aromatic N) is 3. The van der Waals surface area contributed by atoms with Crippen molar-refractivity contribution < 1.29 is 13.2 Å². The summed E-state index contributed by atoms with van der Waals surface area (Å²) in [7, 11) is -3.59. The average Bonchev–Trinajstić information content (AvgIpc) is 3.32. The van der Waals surface area contributed by atoms with Crippen LogP contribution in [-0.2, 0) is 27.9 Å². The summed E-state index contributed by atoms with van der Waals surface area (Å²) in [6.45, 7) is 1.68. The summed E-state index contributed by atoms with van der Waals surface area (Å²) in [5, 5.41) is 7.25. The second kappa shape index (κ2) is 9.45. The first-order chi connectivity index (χ1) is 15.0. The average molecular weight is 439 g/mol. The van der Waals surface area contributed by atoms with Crippen molar-refractivity contribution in [2.24, 2.45) is 5.92 Å². The zero-order valence-corrected chi connectivity index (χ0v) is 18.0. The van der Waals surface area contributed by atoms with Crippen LogP contribution in [0.15, 0.2) is 78.0 Å². The highest BCUT2D eigenvalue weighted by Gasteiger charge is 2.33. The molecule has 162 valence electrons. The maximum absolute atomic E-state index is 12.9. The van der Waals surface area contributed by atoms with Crippen molar-refractivity contribution in [1.82, 2.24) is 19.4 Å². The second-order valence-electron chi connectivity index (χ2n) is 7.71. The molecule has 1 saturated heterocycles. The molecule has 1 fully saturated rings. The van der Waals surface area contributed by atoms with Crippen LogP contribution in [0, 0.1) is 5.92 Å². The van der Waals surface area contributed by atoms with Crippen molar-refractivity contribution in [2.75, 3.05) is 13.1 Å². The van der Waals surface area contributed by atoms with Crippen LogP contribution in [0.2, 0.25) is 0 Å². The lowest BCUT2D eigenvalue weighted by atomic mass is 9.98. The van der Waals surface area contributed by atoms with Gasteiger partial charge in [0, 0.05) is 32.0 Å². The molecule has 3 aromatic rings. The fourth-order valence-corrected chi connectivity index (χ4v) is 5.44. The van der Waals surface area contributed by atoms with E-state index in [2.05, 4.69) is 10.4 Å². The SMILES string of the molecule is O=C(NCc1ccccc1Cn1cccn1)C1CCCN(S(=O)(=O)c2ccccc2)C1. The van der Waals surface area contributed by atoms with E-state index < -0.39 is 10.0 Å². The molecular formula is C23H26N4O3S. The van der Waals surface area contributed by atoms with Gasteiger partial charge in [0.25, 0.3) is 0 Å². The van der Waals surface area contributed by atoms with Crippen molar-refractivity contribution in [2.45, 2.75) is 30.8 Å². The third-order valence-corrected chi connectivity index (χ3v) is 7.48. The van der Waals surface area contributed by atoms with Crippen molar-refractivity contribution in [3.63, 3.8) is 0 Å². The van der Waals surface area contributed by atoms with E-state index in [0.717, 1.165) is 11.1 Å². The monoisotopic (exact) mass is 438 g/mol. The third kappa shape index (κ3) is 5.03. The van der Waals surface area contributed by atoms with Crippen LogP contribution in [0.3, 0.4) is 0 Å². The van der Waals surface area contributed by atoms with Gasteiger partial charge in [0.05, 0.1) is 17.4 Å². The maximum Gasteiger partial charge on any atom is 0.243 e. The number of hydrogen-bond donors (Lipinski definition) is 1. The molecule has 0 saturated carbocycles. The molecule has 2 aromatic carbocycles. The summed E-state index contributed by atoms with van der Waals surface area (Å²) < 4.78 is 29.1. The molecule has 0 aliphatic carbocycles. The summed E-state index contributed by atoms with van der Waals surface area (Å²) in [5.74, 6) is -0.465. The normalized spacial score (nSPS) is 17.4. The number of sulfonamides is 1. The molecule has 8 heteroatoms. The number of amides is 1. The highest BCUT2D eigenvalue weighted by atomic mass is 32.2. The first-order valence-corrected chi connectivity index (χ1v) is 11.8. The lowest BCUT2D eigenvalue weighted by Gasteiger charge is -2.31. The fraction of sp³-hybridized carbons (Fsp3) is 0.304. The molecule has 2 heterocycles. The Bertz CT molecular complexity index is 1110. The summed E-state index contributed by atoms with van der Waals surface area (Å²) in [6, 6.07) is 18.2. The Morgan fingerprint density at radius 2 is 1.77 bits per heavy atom. The van der Waals surface area contributed by atoms with E-state index in [-0.39, 0.29) is 23.3 Å². The number of carbonyl (C=O) groups excluding carboxylic acids is 1. The molecule has 1 unspecified atom stereocenters. The Hall–Kier alpha value is -2.97. The maximum atomic E-state index is 12.9. The van der Waals surface area contributed by atoms with Gasteiger partial charge in [0.2, 0.25) is 15.9 Å². The van der Waals surface area contributed by atoms with E-state index in [4.69, 9.17) is 0 Å². The van der Waals surface area contributed by atoms with E-state index in [1.165, 1.54) is 4.31 Å². The van der Waals surface area contributed by atoms with Gasteiger partial charge >= 0.3 is 0 Å². The Balaban J connectivity index is 1.39. The van der Waals surface area contributed by atoms with Crippen LogP contribution in [0.5, 0.6) is 0 Å². The zero-order chi connectivity index (χ0) is 21.7. The van der Waals surface area contributed by atoms with Crippen LogP contribution < -0.4 is 5.32 Å². The van der Waals surface area contributed by atoms with E-state index >= 15 is 0 Å². The van der Waals surface area contributed by atoms with Crippen molar-refractivity contribution in [1.29, 1.82) is 0 Å². The Morgan fingerprint density at radius 3 is 2.52 bits per heavy atom. The Morgan fingerprint density at radius 1 is 1.03 bits per heavy atom. The van der Waals surface area contributed by atoms with E-state index in [0.29, 0.717) is 32.5 Å². The summed E-state index contributed by atoms with van der Waals surface area (Å²) >= 11 is 0. The van der Waals surface area contributed by atoms with Crippen molar-refractivity contribution in [3.8, 4) is 0 Å². The second-order valence-corrected chi connectivity index (χ2v) is 9.64. The summed E-state index contributed by atoms with van der Waals surface area (Å²) in [6.07, 6.45) is 4.99. The molecule has 1 aromatic heterocycles. The van der Waals surface area contributed by atoms with E-state index in [1.54, 1.807) is 36.5 Å². The molecule has 1 N–H and O–H groups in total. The molecular weight excluding hydrogens is 412 g/mol. The predicted octanol–water partition coefficient (Wildman–Crippen LogP) is 2.65. The number of benzene rings is 2. The largest absolute Gasteiger partial charge is 0.352 e. The minimum Gasteiger partial charge on any atom is -0.352 e. The van der Waals surface area contributed by atoms with Gasteiger partial charge in [-0.05, 0) is 42.2 Å². The number of nitrogens with one attached hydrogen (secondary N) is 1. The van der Waals surface area contributed by atoms with Gasteiger partial charge in [-0.15, -0.1) is 0 Å². The van der Waals surface area contributed by atoms with E-state index in [1.807, 2.05) is 41.2 Å². The zero-order valence-electron chi connectivity index (χ0n) is 17.2. The van der Waals surface area contributed by atoms with Gasteiger partial charge in [-0.1, -0.05) is 42.5 Å². The van der Waals surface area contributed by atoms with Crippen LogP contribution in [0.25, 0.3) is 0 Å². The molecule has 7 nitrogen and oxygen atoms in total. The topological polar surface area (TPSA) is 84.3 Å². The smallest absolute Gasteiger partial charge is 0.243 e. The Kier molecular flexibility index (Phi) is 6.48. The van der Waals surface area contributed by atoms with Crippen LogP contribution in [-0.4, -0.2) is 41.5 Å².